The Morgan fingerprint density at radius 2 is 1.33 bits per heavy atom. The Kier molecular flexibility index (Phi) is 9.64. The van der Waals surface area contributed by atoms with Crippen LogP contribution in [0.5, 0.6) is 0 Å². The predicted octanol–water partition coefficient (Wildman–Crippen LogP) is 5.85. The van der Waals surface area contributed by atoms with Crippen molar-refractivity contribution in [2.45, 2.75) is 44.6 Å². The number of amides is 2. The maximum Gasteiger partial charge on any atom is 0.341 e. The third-order valence-corrected chi connectivity index (χ3v) is 6.39. The van der Waals surface area contributed by atoms with Crippen molar-refractivity contribution in [2.75, 3.05) is 23.0 Å². The molecule has 3 aromatic rings. The first kappa shape index (κ1) is 26.9. The van der Waals surface area contributed by atoms with Gasteiger partial charge in [-0.25, -0.2) is 9.78 Å². The van der Waals surface area contributed by atoms with Gasteiger partial charge in [-0.3, -0.25) is 9.59 Å². The van der Waals surface area contributed by atoms with E-state index in [1.165, 1.54) is 17.3 Å². The lowest BCUT2D eigenvalue weighted by Gasteiger charge is -2.11. The first-order valence-electron chi connectivity index (χ1n) is 11.8. The maximum absolute atomic E-state index is 12.6. The van der Waals surface area contributed by atoms with Crippen LogP contribution in [0.2, 0.25) is 0 Å². The molecule has 1 heterocycles. The number of thioether (sulfide) groups is 1. The largest absolute Gasteiger partial charge is 0.452 e. The standard InChI is InChI=1S/C28H31N3O4S/c1-18(2)20-7-11-22(12-8-20)30-25(32)16-35-28(34)24-6-5-15-29-27(24)36-17-26(33)31-23-13-9-21(10-14-23)19(3)4/h5-15,18-19H,16-17H2,1-4H3,(H,30,32)(H,31,33). The van der Waals surface area contributed by atoms with Crippen LogP contribution >= 0.6 is 11.8 Å². The summed E-state index contributed by atoms with van der Waals surface area (Å²) in [5, 5.41) is 5.91. The Labute approximate surface area is 216 Å². The molecule has 0 aliphatic carbocycles. The molecule has 0 unspecified atom stereocenters. The first-order valence-corrected chi connectivity index (χ1v) is 12.8. The molecular weight excluding hydrogens is 474 g/mol. The van der Waals surface area contributed by atoms with Crippen LogP contribution in [0.4, 0.5) is 11.4 Å². The second-order valence-electron chi connectivity index (χ2n) is 8.87. The molecule has 0 radical (unpaired) electrons. The van der Waals surface area contributed by atoms with Crippen molar-refractivity contribution in [2.24, 2.45) is 0 Å². The number of pyridine rings is 1. The van der Waals surface area contributed by atoms with Crippen molar-refractivity contribution in [1.82, 2.24) is 4.98 Å². The molecule has 0 bridgehead atoms. The second-order valence-corrected chi connectivity index (χ2v) is 9.83. The zero-order valence-corrected chi connectivity index (χ0v) is 21.7. The number of esters is 1. The van der Waals surface area contributed by atoms with E-state index in [1.54, 1.807) is 12.1 Å². The van der Waals surface area contributed by atoms with E-state index in [1.807, 2.05) is 48.5 Å². The highest BCUT2D eigenvalue weighted by atomic mass is 32.2. The summed E-state index contributed by atoms with van der Waals surface area (Å²) < 4.78 is 5.19. The number of nitrogens with one attached hydrogen (secondary N) is 2. The number of aromatic nitrogens is 1. The minimum Gasteiger partial charge on any atom is -0.452 e. The Bertz CT molecular complexity index is 1190. The number of hydrogen-bond donors (Lipinski definition) is 2. The highest BCUT2D eigenvalue weighted by Crippen LogP contribution is 2.22. The quantitative estimate of drug-likeness (QED) is 0.265. The predicted molar refractivity (Wildman–Crippen MR) is 144 cm³/mol. The molecule has 0 aliphatic heterocycles. The molecule has 1 aromatic heterocycles. The summed E-state index contributed by atoms with van der Waals surface area (Å²) in [7, 11) is 0. The topological polar surface area (TPSA) is 97.4 Å². The molecular formula is C28H31N3O4S. The SMILES string of the molecule is CC(C)c1ccc(NC(=O)COC(=O)c2cccnc2SCC(=O)Nc2ccc(C(C)C)cc2)cc1. The molecule has 8 heteroatoms. The monoisotopic (exact) mass is 505 g/mol. The third kappa shape index (κ3) is 7.95. The van der Waals surface area contributed by atoms with Crippen LogP contribution in [0.15, 0.2) is 71.9 Å². The summed E-state index contributed by atoms with van der Waals surface area (Å²) in [6.45, 7) is 7.97. The van der Waals surface area contributed by atoms with Gasteiger partial charge in [-0.2, -0.15) is 0 Å². The highest BCUT2D eigenvalue weighted by molar-refractivity contribution is 8.00. The lowest BCUT2D eigenvalue weighted by molar-refractivity contribution is -0.119. The van der Waals surface area contributed by atoms with Gasteiger partial charge in [0.15, 0.2) is 6.61 Å². The fourth-order valence-electron chi connectivity index (χ4n) is 3.30. The second kappa shape index (κ2) is 12.9. The van der Waals surface area contributed by atoms with Gasteiger partial charge < -0.3 is 15.4 Å². The molecule has 0 saturated heterocycles. The lowest BCUT2D eigenvalue weighted by Crippen LogP contribution is -2.21. The van der Waals surface area contributed by atoms with Crippen molar-refractivity contribution in [3.05, 3.63) is 83.6 Å². The zero-order chi connectivity index (χ0) is 26.1. The summed E-state index contributed by atoms with van der Waals surface area (Å²) >= 11 is 1.13. The van der Waals surface area contributed by atoms with E-state index in [9.17, 15) is 14.4 Å². The van der Waals surface area contributed by atoms with Crippen molar-refractivity contribution in [3.63, 3.8) is 0 Å². The summed E-state index contributed by atoms with van der Waals surface area (Å²) in [6.07, 6.45) is 1.54. The van der Waals surface area contributed by atoms with E-state index >= 15 is 0 Å². The molecule has 36 heavy (non-hydrogen) atoms. The average Bonchev–Trinajstić information content (AvgIpc) is 2.87. The van der Waals surface area contributed by atoms with Crippen molar-refractivity contribution in [3.8, 4) is 0 Å². The Morgan fingerprint density at radius 1 is 0.806 bits per heavy atom. The van der Waals surface area contributed by atoms with Crippen LogP contribution in [0.3, 0.4) is 0 Å². The number of anilines is 2. The number of benzene rings is 2. The van der Waals surface area contributed by atoms with E-state index in [-0.39, 0.29) is 17.2 Å². The fraction of sp³-hybridized carbons (Fsp3) is 0.286. The molecule has 0 saturated carbocycles. The van der Waals surface area contributed by atoms with Gasteiger partial charge in [-0.15, -0.1) is 0 Å². The zero-order valence-electron chi connectivity index (χ0n) is 20.9. The van der Waals surface area contributed by atoms with Gasteiger partial charge in [0.05, 0.1) is 11.3 Å². The number of rotatable bonds is 10. The van der Waals surface area contributed by atoms with Crippen molar-refractivity contribution >= 4 is 40.9 Å². The van der Waals surface area contributed by atoms with Gasteiger partial charge in [0.1, 0.15) is 5.03 Å². The minimum absolute atomic E-state index is 0.0656. The van der Waals surface area contributed by atoms with Gasteiger partial charge in [-0.1, -0.05) is 63.7 Å². The van der Waals surface area contributed by atoms with Crippen LogP contribution < -0.4 is 10.6 Å². The summed E-state index contributed by atoms with van der Waals surface area (Å²) in [5.74, 6) is -0.470. The molecule has 0 aliphatic rings. The Balaban J connectivity index is 1.51. The van der Waals surface area contributed by atoms with Gasteiger partial charge in [0, 0.05) is 17.6 Å². The lowest BCUT2D eigenvalue weighted by atomic mass is 10.0. The fourth-order valence-corrected chi connectivity index (χ4v) is 4.08. The number of hydrogen-bond acceptors (Lipinski definition) is 6. The molecule has 2 N–H and O–H groups in total. The van der Waals surface area contributed by atoms with E-state index in [0.29, 0.717) is 28.2 Å². The Hall–Kier alpha value is -3.65. The number of nitrogens with zero attached hydrogens (tertiary/aromatic N) is 1. The van der Waals surface area contributed by atoms with Gasteiger partial charge in [-0.05, 0) is 59.4 Å². The van der Waals surface area contributed by atoms with Gasteiger partial charge >= 0.3 is 5.97 Å². The molecule has 0 fully saturated rings. The van der Waals surface area contributed by atoms with E-state index in [2.05, 4.69) is 43.3 Å². The summed E-state index contributed by atoms with van der Waals surface area (Å²) in [5.41, 5.74) is 3.89. The maximum atomic E-state index is 12.6. The van der Waals surface area contributed by atoms with Crippen LogP contribution in [-0.2, 0) is 14.3 Å². The highest BCUT2D eigenvalue weighted by Gasteiger charge is 2.17. The molecule has 7 nitrogen and oxygen atoms in total. The molecule has 0 atom stereocenters. The molecule has 0 spiro atoms. The van der Waals surface area contributed by atoms with Crippen LogP contribution in [-0.4, -0.2) is 35.1 Å². The van der Waals surface area contributed by atoms with Gasteiger partial charge in [0.2, 0.25) is 5.91 Å². The summed E-state index contributed by atoms with van der Waals surface area (Å²) in [4.78, 5) is 41.5. The molecule has 2 amide bonds. The van der Waals surface area contributed by atoms with E-state index in [4.69, 9.17) is 4.74 Å². The van der Waals surface area contributed by atoms with Gasteiger partial charge in [0.25, 0.3) is 5.91 Å². The number of ether oxygens (including phenoxy) is 1. The molecule has 2 aromatic carbocycles. The molecule has 188 valence electrons. The third-order valence-electron chi connectivity index (χ3n) is 5.39. The minimum atomic E-state index is -0.680. The van der Waals surface area contributed by atoms with Crippen molar-refractivity contribution < 1.29 is 19.1 Å². The average molecular weight is 506 g/mol. The summed E-state index contributed by atoms with van der Waals surface area (Å²) in [6, 6.07) is 18.4. The van der Waals surface area contributed by atoms with E-state index < -0.39 is 18.5 Å². The molecule has 3 rings (SSSR count). The normalized spacial score (nSPS) is 10.8. The number of carbonyl (C=O) groups excluding carboxylic acids is 3. The van der Waals surface area contributed by atoms with E-state index in [0.717, 1.165) is 11.8 Å². The smallest absolute Gasteiger partial charge is 0.341 e. The number of carbonyl (C=O) groups is 3. The van der Waals surface area contributed by atoms with Crippen molar-refractivity contribution in [1.29, 1.82) is 0 Å². The Morgan fingerprint density at radius 3 is 1.86 bits per heavy atom. The van der Waals surface area contributed by atoms with Crippen LogP contribution in [0.1, 0.15) is 61.0 Å². The van der Waals surface area contributed by atoms with Crippen LogP contribution in [0.25, 0.3) is 0 Å². The van der Waals surface area contributed by atoms with Crippen LogP contribution in [0, 0.1) is 0 Å². The first-order chi connectivity index (χ1) is 17.2.